The van der Waals surface area contributed by atoms with E-state index >= 15 is 0 Å². The van der Waals surface area contributed by atoms with Crippen molar-refractivity contribution in [2.45, 2.75) is 39.3 Å². The lowest BCUT2D eigenvalue weighted by molar-refractivity contribution is 0.0919. The Labute approximate surface area is 221 Å². The van der Waals surface area contributed by atoms with Crippen molar-refractivity contribution in [2.75, 3.05) is 0 Å². The molecule has 3 amide bonds. The Balaban J connectivity index is 1.22. The largest absolute Gasteiger partial charge is 0.441 e. The highest BCUT2D eigenvalue weighted by molar-refractivity contribution is 5.96. The van der Waals surface area contributed by atoms with Gasteiger partial charge in [-0.15, -0.1) is 0 Å². The van der Waals surface area contributed by atoms with Crippen molar-refractivity contribution in [1.29, 1.82) is 0 Å². The Morgan fingerprint density at radius 3 is 2.74 bits per heavy atom. The van der Waals surface area contributed by atoms with Gasteiger partial charge >= 0.3 is 0 Å². The summed E-state index contributed by atoms with van der Waals surface area (Å²) in [5.41, 5.74) is 11.2. The number of carbonyl (C=O) groups excluding carboxylic acids is 3. The number of hydrogen-bond donors (Lipinski definition) is 3. The first-order valence-electron chi connectivity index (χ1n) is 12.4. The lowest BCUT2D eigenvalue weighted by Gasteiger charge is -2.16. The van der Waals surface area contributed by atoms with E-state index in [2.05, 4.69) is 30.7 Å². The topological polar surface area (TPSA) is 170 Å². The molecule has 6 rings (SSSR count). The Hall–Kier alpha value is -5.13. The van der Waals surface area contributed by atoms with E-state index in [1.54, 1.807) is 25.1 Å². The van der Waals surface area contributed by atoms with Gasteiger partial charge in [0.2, 0.25) is 17.6 Å². The van der Waals surface area contributed by atoms with Crippen molar-refractivity contribution >= 4 is 34.5 Å². The lowest BCUT2D eigenvalue weighted by Crippen LogP contribution is -2.32. The van der Waals surface area contributed by atoms with Crippen LogP contribution in [0.15, 0.2) is 47.0 Å². The number of fused-ring (bicyclic) bond motifs is 3. The number of rotatable bonds is 6. The SMILES string of the molecule is Cc1nc2cc(CNC(=O)c3nc(C(=O)N[C@H]4CCc5c4ccc(C(N)=O)c5C)n4nccc4n3)ccc2o1. The van der Waals surface area contributed by atoms with Crippen LogP contribution in [0.25, 0.3) is 16.7 Å². The quantitative estimate of drug-likeness (QED) is 0.304. The molecule has 0 aliphatic heterocycles. The fourth-order valence-corrected chi connectivity index (χ4v) is 5.05. The molecule has 0 unspecified atom stereocenters. The third-order valence-electron chi connectivity index (χ3n) is 6.94. The summed E-state index contributed by atoms with van der Waals surface area (Å²) in [5.74, 6) is -1.17. The van der Waals surface area contributed by atoms with Crippen LogP contribution in [0.5, 0.6) is 0 Å². The maximum Gasteiger partial charge on any atom is 0.289 e. The van der Waals surface area contributed by atoms with Crippen molar-refractivity contribution in [3.8, 4) is 0 Å². The molecule has 1 aliphatic rings. The molecule has 1 atom stereocenters. The molecule has 5 aromatic rings. The molecule has 3 heterocycles. The van der Waals surface area contributed by atoms with E-state index in [1.165, 1.54) is 10.7 Å². The smallest absolute Gasteiger partial charge is 0.289 e. The summed E-state index contributed by atoms with van der Waals surface area (Å²) in [7, 11) is 0. The zero-order valence-electron chi connectivity index (χ0n) is 21.2. The molecule has 0 fully saturated rings. The van der Waals surface area contributed by atoms with Gasteiger partial charge in [-0.05, 0) is 60.2 Å². The van der Waals surface area contributed by atoms with Crippen LogP contribution in [-0.4, -0.2) is 42.3 Å². The fourth-order valence-electron chi connectivity index (χ4n) is 5.05. The second kappa shape index (κ2) is 9.31. The van der Waals surface area contributed by atoms with Gasteiger partial charge < -0.3 is 20.8 Å². The molecule has 0 bridgehead atoms. The van der Waals surface area contributed by atoms with Crippen molar-refractivity contribution in [3.63, 3.8) is 0 Å². The number of aryl methyl sites for hydroxylation is 1. The van der Waals surface area contributed by atoms with Crippen LogP contribution >= 0.6 is 0 Å². The van der Waals surface area contributed by atoms with Crippen LogP contribution < -0.4 is 16.4 Å². The highest BCUT2D eigenvalue weighted by atomic mass is 16.3. The third-order valence-corrected chi connectivity index (χ3v) is 6.94. The van der Waals surface area contributed by atoms with Gasteiger partial charge in [0.1, 0.15) is 5.52 Å². The third kappa shape index (κ3) is 4.35. The minimum atomic E-state index is -0.537. The fraction of sp³-hybridized carbons (Fsp3) is 0.222. The molecular formula is C27H24N8O4. The number of primary amides is 1. The van der Waals surface area contributed by atoms with E-state index in [4.69, 9.17) is 10.2 Å². The van der Waals surface area contributed by atoms with E-state index in [1.807, 2.05) is 25.1 Å². The molecule has 3 aromatic heterocycles. The lowest BCUT2D eigenvalue weighted by atomic mass is 9.97. The summed E-state index contributed by atoms with van der Waals surface area (Å²) in [4.78, 5) is 50.9. The highest BCUT2D eigenvalue weighted by Gasteiger charge is 2.29. The summed E-state index contributed by atoms with van der Waals surface area (Å²) in [5, 5.41) is 9.95. The molecule has 12 heteroatoms. The van der Waals surface area contributed by atoms with Crippen LogP contribution in [0.4, 0.5) is 0 Å². The number of amides is 3. The minimum Gasteiger partial charge on any atom is -0.441 e. The first-order valence-corrected chi connectivity index (χ1v) is 12.4. The average Bonchev–Trinajstić information content (AvgIpc) is 3.64. The molecule has 0 saturated carbocycles. The molecular weight excluding hydrogens is 500 g/mol. The molecule has 12 nitrogen and oxygen atoms in total. The Bertz CT molecular complexity index is 1800. The average molecular weight is 525 g/mol. The second-order valence-electron chi connectivity index (χ2n) is 9.42. The first-order chi connectivity index (χ1) is 18.8. The highest BCUT2D eigenvalue weighted by Crippen LogP contribution is 2.34. The number of hydrogen-bond acceptors (Lipinski definition) is 8. The van der Waals surface area contributed by atoms with Gasteiger partial charge in [-0.25, -0.2) is 9.97 Å². The minimum absolute atomic E-state index is 0.0615. The molecule has 0 saturated heterocycles. The maximum atomic E-state index is 13.4. The number of oxazole rings is 1. The molecule has 2 aromatic carbocycles. The molecule has 0 spiro atoms. The predicted molar refractivity (Wildman–Crippen MR) is 139 cm³/mol. The number of carbonyl (C=O) groups is 3. The molecule has 1 aliphatic carbocycles. The van der Waals surface area contributed by atoms with Crippen molar-refractivity contribution < 1.29 is 18.8 Å². The maximum absolute atomic E-state index is 13.4. The molecule has 4 N–H and O–H groups in total. The van der Waals surface area contributed by atoms with E-state index in [0.29, 0.717) is 41.0 Å². The number of nitrogens with zero attached hydrogens (tertiary/aromatic N) is 5. The molecule has 196 valence electrons. The molecule has 0 radical (unpaired) electrons. The normalized spacial score (nSPS) is 14.5. The van der Waals surface area contributed by atoms with Crippen molar-refractivity contribution in [2.24, 2.45) is 5.73 Å². The van der Waals surface area contributed by atoms with Gasteiger partial charge in [0, 0.05) is 25.1 Å². The monoisotopic (exact) mass is 524 g/mol. The number of benzene rings is 2. The first kappa shape index (κ1) is 24.2. The van der Waals surface area contributed by atoms with Gasteiger partial charge in [0.25, 0.3) is 11.8 Å². The predicted octanol–water partition coefficient (Wildman–Crippen LogP) is 2.33. The standard InChI is InChI=1S/C27H24N8O4/c1-13-16-6-7-19(18(16)5-4-17(13)23(28)36)32-27(38)25-34-24(33-22-9-10-30-35(22)25)26(37)29-12-15-3-8-21-20(11-15)31-14(2)39-21/h3-5,8-11,19H,6-7,12H2,1-2H3,(H2,28,36)(H,29,37)(H,32,38)/t19-/m0/s1. The summed E-state index contributed by atoms with van der Waals surface area (Å²) in [6, 6.07) is 10.3. The van der Waals surface area contributed by atoms with Crippen molar-refractivity contribution in [1.82, 2.24) is 35.2 Å². The summed E-state index contributed by atoms with van der Waals surface area (Å²) in [6.07, 6.45) is 2.83. The number of nitrogens with one attached hydrogen (secondary N) is 2. The van der Waals surface area contributed by atoms with Gasteiger partial charge in [-0.3, -0.25) is 14.4 Å². The second-order valence-corrected chi connectivity index (χ2v) is 9.42. The van der Waals surface area contributed by atoms with E-state index in [-0.39, 0.29) is 24.2 Å². The van der Waals surface area contributed by atoms with E-state index in [0.717, 1.165) is 22.3 Å². The Morgan fingerprint density at radius 2 is 1.92 bits per heavy atom. The van der Waals surface area contributed by atoms with Crippen LogP contribution in [0, 0.1) is 13.8 Å². The van der Waals surface area contributed by atoms with Crippen LogP contribution in [-0.2, 0) is 13.0 Å². The number of aromatic nitrogens is 5. The van der Waals surface area contributed by atoms with Gasteiger partial charge in [-0.1, -0.05) is 12.1 Å². The van der Waals surface area contributed by atoms with Gasteiger partial charge in [0.05, 0.1) is 12.2 Å². The van der Waals surface area contributed by atoms with Crippen LogP contribution in [0.2, 0.25) is 0 Å². The molecule has 39 heavy (non-hydrogen) atoms. The zero-order valence-corrected chi connectivity index (χ0v) is 21.2. The summed E-state index contributed by atoms with van der Waals surface area (Å²) >= 11 is 0. The van der Waals surface area contributed by atoms with E-state index < -0.39 is 17.7 Å². The summed E-state index contributed by atoms with van der Waals surface area (Å²) < 4.78 is 6.79. The van der Waals surface area contributed by atoms with Crippen molar-refractivity contribution in [3.05, 3.63) is 88.0 Å². The van der Waals surface area contributed by atoms with Gasteiger partial charge in [0.15, 0.2) is 17.1 Å². The van der Waals surface area contributed by atoms with Crippen LogP contribution in [0.3, 0.4) is 0 Å². The Kier molecular flexibility index (Phi) is 5.78. The number of nitrogens with two attached hydrogens (primary N) is 1. The zero-order chi connectivity index (χ0) is 27.3. The van der Waals surface area contributed by atoms with Gasteiger partial charge in [-0.2, -0.15) is 14.6 Å². The Morgan fingerprint density at radius 1 is 1.08 bits per heavy atom. The van der Waals surface area contributed by atoms with Crippen LogP contribution in [0.1, 0.15) is 72.2 Å². The summed E-state index contributed by atoms with van der Waals surface area (Å²) in [6.45, 7) is 3.84. The van der Waals surface area contributed by atoms with E-state index in [9.17, 15) is 14.4 Å².